The van der Waals surface area contributed by atoms with E-state index in [1.807, 2.05) is 0 Å². The Morgan fingerprint density at radius 1 is 0.293 bits per heavy atom. The van der Waals surface area contributed by atoms with Crippen molar-refractivity contribution in [1.82, 2.24) is 0 Å². The molecule has 0 aromatic heterocycles. The molecule has 0 aromatic rings. The van der Waals surface area contributed by atoms with E-state index in [0.29, 0.717) is 25.7 Å². The zero-order valence-electron chi connectivity index (χ0n) is 59.7. The molecule has 0 saturated heterocycles. The fraction of sp³-hybridized carbons (Fsp3) is 0.945. The maximum Gasteiger partial charge on any atom is 0.472 e. The highest BCUT2D eigenvalue weighted by Crippen LogP contribution is 2.45. The number of esters is 4. The molecule has 0 heterocycles. The summed E-state index contributed by atoms with van der Waals surface area (Å²) in [7, 11) is -9.90. The molecule has 546 valence electrons. The molecule has 0 bridgehead atoms. The third-order valence-corrected chi connectivity index (χ3v) is 18.9. The molecule has 0 aliphatic rings. The van der Waals surface area contributed by atoms with Gasteiger partial charge >= 0.3 is 39.5 Å². The number of carbonyl (C=O) groups is 4. The number of unbranched alkanes of at least 4 members (excludes halogenated alkanes) is 45. The molecule has 0 aliphatic carbocycles. The van der Waals surface area contributed by atoms with Gasteiger partial charge in [-0.2, -0.15) is 0 Å². The second-order valence-corrected chi connectivity index (χ2v) is 29.7. The lowest BCUT2D eigenvalue weighted by molar-refractivity contribution is -0.161. The molecule has 92 heavy (non-hydrogen) atoms. The van der Waals surface area contributed by atoms with Gasteiger partial charge < -0.3 is 33.8 Å². The fourth-order valence-corrected chi connectivity index (χ4v) is 12.8. The Labute approximate surface area is 562 Å². The largest absolute Gasteiger partial charge is 0.472 e. The van der Waals surface area contributed by atoms with Crippen LogP contribution >= 0.6 is 15.6 Å². The van der Waals surface area contributed by atoms with Gasteiger partial charge in [0.25, 0.3) is 0 Å². The number of ether oxygens (including phenoxy) is 4. The quantitative estimate of drug-likeness (QED) is 0.0222. The van der Waals surface area contributed by atoms with Gasteiger partial charge in [0.2, 0.25) is 0 Å². The first-order valence-electron chi connectivity index (χ1n) is 38.1. The van der Waals surface area contributed by atoms with Crippen molar-refractivity contribution in [3.63, 3.8) is 0 Å². The van der Waals surface area contributed by atoms with E-state index >= 15 is 0 Å². The van der Waals surface area contributed by atoms with E-state index in [1.54, 1.807) is 0 Å². The Morgan fingerprint density at radius 3 is 0.739 bits per heavy atom. The zero-order valence-corrected chi connectivity index (χ0v) is 61.5. The van der Waals surface area contributed by atoms with E-state index < -0.39 is 97.5 Å². The van der Waals surface area contributed by atoms with Gasteiger partial charge in [0.15, 0.2) is 12.2 Å². The minimum Gasteiger partial charge on any atom is -0.462 e. The molecule has 0 radical (unpaired) electrons. The normalized spacial score (nSPS) is 14.0. The molecule has 0 rings (SSSR count). The van der Waals surface area contributed by atoms with Gasteiger partial charge in [0, 0.05) is 25.7 Å². The van der Waals surface area contributed by atoms with Crippen LogP contribution in [0.2, 0.25) is 0 Å². The van der Waals surface area contributed by atoms with Crippen molar-refractivity contribution >= 4 is 39.5 Å². The van der Waals surface area contributed by atoms with Crippen molar-refractivity contribution in [3.05, 3.63) is 0 Å². The highest BCUT2D eigenvalue weighted by atomic mass is 31.2. The van der Waals surface area contributed by atoms with Crippen LogP contribution in [0.25, 0.3) is 0 Å². The summed E-state index contributed by atoms with van der Waals surface area (Å²) >= 11 is 0. The van der Waals surface area contributed by atoms with Crippen LogP contribution in [0.4, 0.5) is 0 Å². The number of rotatable bonds is 73. The number of aliphatic hydroxyl groups excluding tert-OH is 1. The molecule has 0 fully saturated rings. The van der Waals surface area contributed by atoms with Crippen molar-refractivity contribution in [3.8, 4) is 0 Å². The Balaban J connectivity index is 5.18. The molecule has 0 aromatic carbocycles. The third-order valence-electron chi connectivity index (χ3n) is 17.0. The number of carbonyl (C=O) groups excluding carboxylic acids is 4. The van der Waals surface area contributed by atoms with Gasteiger partial charge in [-0.25, -0.2) is 9.13 Å². The molecule has 17 nitrogen and oxygen atoms in total. The van der Waals surface area contributed by atoms with E-state index in [1.165, 1.54) is 193 Å². The lowest BCUT2D eigenvalue weighted by Gasteiger charge is -2.21. The van der Waals surface area contributed by atoms with E-state index in [2.05, 4.69) is 34.6 Å². The Hall–Kier alpha value is -1.94. The van der Waals surface area contributed by atoms with Crippen LogP contribution in [0.5, 0.6) is 0 Å². The molecule has 0 amide bonds. The first-order valence-corrected chi connectivity index (χ1v) is 41.1. The summed E-state index contributed by atoms with van der Waals surface area (Å²) in [6.07, 6.45) is 54.2. The van der Waals surface area contributed by atoms with Crippen LogP contribution in [-0.4, -0.2) is 96.7 Å². The maximum atomic E-state index is 13.0. The number of phosphoric ester groups is 2. The fourth-order valence-electron chi connectivity index (χ4n) is 11.2. The smallest absolute Gasteiger partial charge is 0.462 e. The molecule has 0 saturated carbocycles. The van der Waals surface area contributed by atoms with E-state index in [-0.39, 0.29) is 25.7 Å². The minimum absolute atomic E-state index is 0.107. The molecule has 19 heteroatoms. The zero-order chi connectivity index (χ0) is 67.7. The summed E-state index contributed by atoms with van der Waals surface area (Å²) in [6, 6.07) is 0. The van der Waals surface area contributed by atoms with Gasteiger partial charge in [-0.15, -0.1) is 0 Å². The van der Waals surface area contributed by atoms with Crippen molar-refractivity contribution in [2.45, 2.75) is 400 Å². The van der Waals surface area contributed by atoms with Gasteiger partial charge in [-0.05, 0) is 31.6 Å². The van der Waals surface area contributed by atoms with Crippen LogP contribution in [-0.2, 0) is 65.4 Å². The van der Waals surface area contributed by atoms with Crippen molar-refractivity contribution < 1.29 is 80.2 Å². The molecule has 0 spiro atoms. The highest BCUT2D eigenvalue weighted by molar-refractivity contribution is 7.47. The number of hydrogen-bond acceptors (Lipinski definition) is 15. The van der Waals surface area contributed by atoms with Gasteiger partial charge in [-0.1, -0.05) is 330 Å². The monoisotopic (exact) mass is 1350 g/mol. The first-order chi connectivity index (χ1) is 44.5. The van der Waals surface area contributed by atoms with Crippen LogP contribution in [0.1, 0.15) is 381 Å². The number of hydrogen-bond donors (Lipinski definition) is 3. The molecular weight excluding hydrogens is 1210 g/mol. The maximum absolute atomic E-state index is 13.0. The van der Waals surface area contributed by atoms with Crippen LogP contribution in [0.15, 0.2) is 0 Å². The Bertz CT molecular complexity index is 1770. The van der Waals surface area contributed by atoms with Crippen molar-refractivity contribution in [2.24, 2.45) is 5.92 Å². The van der Waals surface area contributed by atoms with Crippen LogP contribution in [0.3, 0.4) is 0 Å². The average molecular weight is 1350 g/mol. The predicted octanol–water partition coefficient (Wildman–Crippen LogP) is 21.3. The van der Waals surface area contributed by atoms with Gasteiger partial charge in [0.1, 0.15) is 19.3 Å². The van der Waals surface area contributed by atoms with Gasteiger partial charge in [-0.3, -0.25) is 37.3 Å². The number of phosphoric acid groups is 2. The van der Waals surface area contributed by atoms with E-state index in [0.717, 1.165) is 109 Å². The summed E-state index contributed by atoms with van der Waals surface area (Å²) in [4.78, 5) is 72.5. The molecule has 5 atom stereocenters. The molecule has 3 N–H and O–H groups in total. The summed E-state index contributed by atoms with van der Waals surface area (Å²) in [5.41, 5.74) is 0. The molecule has 2 unspecified atom stereocenters. The topological polar surface area (TPSA) is 237 Å². The second-order valence-electron chi connectivity index (χ2n) is 26.8. The molecule has 0 aliphatic heterocycles. The number of aliphatic hydroxyl groups is 1. The second kappa shape index (κ2) is 66.3. The highest BCUT2D eigenvalue weighted by Gasteiger charge is 2.30. The Morgan fingerprint density at radius 2 is 0.500 bits per heavy atom. The third kappa shape index (κ3) is 66.7. The SMILES string of the molecule is CCCCCCCCCCCCCCCCCCCCCC(=O)O[C@H](COC(=O)CCCCCCCCCCCCC(C)C)COP(=O)(O)OC[C@@H](O)COP(=O)(O)OC[C@@H](COC(=O)CCCCCCCCC)OC(=O)CCCCCCCCCCCCCCC. The molecular formula is C73H142O17P2. The first kappa shape index (κ1) is 90.1. The van der Waals surface area contributed by atoms with E-state index in [9.17, 15) is 43.2 Å². The summed E-state index contributed by atoms with van der Waals surface area (Å²) in [5, 5.41) is 10.6. The van der Waals surface area contributed by atoms with Crippen LogP contribution in [0, 0.1) is 5.92 Å². The minimum atomic E-state index is -4.95. The van der Waals surface area contributed by atoms with Gasteiger partial charge in [0.05, 0.1) is 26.4 Å². The summed E-state index contributed by atoms with van der Waals surface area (Å²) in [5.74, 6) is -1.36. The van der Waals surface area contributed by atoms with Crippen LogP contribution < -0.4 is 0 Å². The van der Waals surface area contributed by atoms with E-state index in [4.69, 9.17) is 37.0 Å². The standard InChI is InChI=1S/C73H142O17P2/c1-6-9-12-15-18-20-22-24-25-26-27-28-29-31-33-39-44-49-54-59-73(78)90-69(63-84-71(76)57-52-47-42-37-35-34-36-41-45-50-55-66(4)5)65-88-92(81,82)86-61-67(74)60-85-91(79,80)87-64-68(62-83-70(75)56-51-46-40-17-14-11-8-3)89-72(77)58-53-48-43-38-32-30-23-21-19-16-13-10-7-2/h66-69,74H,6-65H2,1-5H3,(H,79,80)(H,81,82)/t67-,68+,69+/m0/s1. The van der Waals surface area contributed by atoms with Crippen molar-refractivity contribution in [2.75, 3.05) is 39.6 Å². The summed E-state index contributed by atoms with van der Waals surface area (Å²) in [6.45, 7) is 7.23. The summed E-state index contributed by atoms with van der Waals surface area (Å²) < 4.78 is 68.3. The lowest BCUT2D eigenvalue weighted by Crippen LogP contribution is -2.30. The lowest BCUT2D eigenvalue weighted by atomic mass is 10.0. The average Bonchev–Trinajstić information content (AvgIpc) is 2.99. The Kier molecular flexibility index (Phi) is 64.9. The predicted molar refractivity (Wildman–Crippen MR) is 372 cm³/mol. The van der Waals surface area contributed by atoms with Crippen molar-refractivity contribution in [1.29, 1.82) is 0 Å².